The van der Waals surface area contributed by atoms with E-state index in [0.717, 1.165) is 24.7 Å². The molecular formula is C15H23N. The molecule has 0 amide bonds. The van der Waals surface area contributed by atoms with Gasteiger partial charge in [-0.25, -0.2) is 0 Å². The van der Waals surface area contributed by atoms with Gasteiger partial charge >= 0.3 is 0 Å². The Balaban J connectivity index is 2.21. The maximum absolute atomic E-state index is 6.31. The molecule has 16 heavy (non-hydrogen) atoms. The lowest BCUT2D eigenvalue weighted by Crippen LogP contribution is -2.14. The molecule has 1 saturated carbocycles. The van der Waals surface area contributed by atoms with Gasteiger partial charge in [-0.15, -0.1) is 0 Å². The summed E-state index contributed by atoms with van der Waals surface area (Å²) in [6.07, 6.45) is 3.54. The van der Waals surface area contributed by atoms with E-state index in [4.69, 9.17) is 5.73 Å². The molecule has 0 bridgehead atoms. The number of benzene rings is 1. The molecule has 88 valence electrons. The van der Waals surface area contributed by atoms with Crippen LogP contribution >= 0.6 is 0 Å². The zero-order valence-corrected chi connectivity index (χ0v) is 10.7. The van der Waals surface area contributed by atoms with Crippen molar-refractivity contribution in [1.29, 1.82) is 0 Å². The van der Waals surface area contributed by atoms with Crippen molar-refractivity contribution in [2.24, 2.45) is 17.6 Å². The van der Waals surface area contributed by atoms with E-state index in [1.54, 1.807) is 0 Å². The van der Waals surface area contributed by atoms with Crippen LogP contribution in [0.25, 0.3) is 0 Å². The number of nitrogens with two attached hydrogens (primary N) is 1. The third-order valence-corrected chi connectivity index (χ3v) is 4.01. The van der Waals surface area contributed by atoms with Crippen LogP contribution in [-0.4, -0.2) is 0 Å². The molecule has 0 aliphatic heterocycles. The first kappa shape index (κ1) is 11.7. The Morgan fingerprint density at radius 1 is 1.25 bits per heavy atom. The molecule has 1 aliphatic rings. The highest BCUT2D eigenvalue weighted by atomic mass is 14.7. The molecule has 1 heteroatoms. The van der Waals surface area contributed by atoms with Crippen LogP contribution in [0.1, 0.15) is 49.9 Å². The largest absolute Gasteiger partial charge is 0.324 e. The Morgan fingerprint density at radius 2 is 1.88 bits per heavy atom. The molecule has 3 atom stereocenters. The Bertz CT molecular complexity index is 370. The van der Waals surface area contributed by atoms with Gasteiger partial charge in [-0.2, -0.15) is 0 Å². The summed E-state index contributed by atoms with van der Waals surface area (Å²) in [5, 5.41) is 0. The van der Waals surface area contributed by atoms with E-state index in [-0.39, 0.29) is 6.04 Å². The zero-order valence-electron chi connectivity index (χ0n) is 10.7. The minimum absolute atomic E-state index is 0.256. The topological polar surface area (TPSA) is 26.0 Å². The number of aryl methyl sites for hydroxylation is 2. The number of hydrogen-bond acceptors (Lipinski definition) is 1. The Kier molecular flexibility index (Phi) is 3.34. The summed E-state index contributed by atoms with van der Waals surface area (Å²) in [7, 11) is 0. The second-order valence-corrected chi connectivity index (χ2v) is 5.14. The highest BCUT2D eigenvalue weighted by Crippen LogP contribution is 2.45. The maximum Gasteiger partial charge on any atom is 0.0326 e. The van der Waals surface area contributed by atoms with Crippen LogP contribution in [0.15, 0.2) is 18.2 Å². The van der Waals surface area contributed by atoms with Crippen molar-refractivity contribution in [2.45, 2.75) is 46.1 Å². The third-order valence-electron chi connectivity index (χ3n) is 4.01. The number of hydrogen-bond donors (Lipinski definition) is 1. The van der Waals surface area contributed by atoms with Gasteiger partial charge in [0, 0.05) is 6.04 Å². The second kappa shape index (κ2) is 4.58. The van der Waals surface area contributed by atoms with Gasteiger partial charge in [0.25, 0.3) is 0 Å². The van der Waals surface area contributed by atoms with Crippen molar-refractivity contribution in [1.82, 2.24) is 0 Å². The Hall–Kier alpha value is -0.820. The molecule has 1 aromatic rings. The van der Waals surface area contributed by atoms with Crippen molar-refractivity contribution >= 4 is 0 Å². The molecule has 1 fully saturated rings. The molecule has 0 heterocycles. The lowest BCUT2D eigenvalue weighted by Gasteiger charge is -2.15. The van der Waals surface area contributed by atoms with Crippen molar-refractivity contribution in [3.8, 4) is 0 Å². The third kappa shape index (κ3) is 2.15. The average Bonchev–Trinajstić information content (AvgIpc) is 3.04. The molecule has 1 aliphatic carbocycles. The first-order chi connectivity index (χ1) is 7.67. The molecule has 0 saturated heterocycles. The van der Waals surface area contributed by atoms with Gasteiger partial charge in [0.05, 0.1) is 0 Å². The maximum atomic E-state index is 6.31. The standard InChI is InChI=1S/C15H23N/c1-4-11-6-7-13(9-12(11)5-2)15(16)14-8-10(14)3/h6-7,9-10,14-15H,4-5,8,16H2,1-3H3. The molecular weight excluding hydrogens is 194 g/mol. The summed E-state index contributed by atoms with van der Waals surface area (Å²) in [4.78, 5) is 0. The van der Waals surface area contributed by atoms with E-state index < -0.39 is 0 Å². The van der Waals surface area contributed by atoms with E-state index in [0.29, 0.717) is 0 Å². The van der Waals surface area contributed by atoms with E-state index in [2.05, 4.69) is 39.0 Å². The van der Waals surface area contributed by atoms with Crippen LogP contribution in [0.2, 0.25) is 0 Å². The van der Waals surface area contributed by atoms with Crippen molar-refractivity contribution in [3.63, 3.8) is 0 Å². The molecule has 3 unspecified atom stereocenters. The lowest BCUT2D eigenvalue weighted by atomic mass is 9.95. The Morgan fingerprint density at radius 3 is 2.38 bits per heavy atom. The zero-order chi connectivity index (χ0) is 11.7. The second-order valence-electron chi connectivity index (χ2n) is 5.14. The fourth-order valence-corrected chi connectivity index (χ4v) is 2.63. The summed E-state index contributed by atoms with van der Waals surface area (Å²) in [6, 6.07) is 7.08. The van der Waals surface area contributed by atoms with Crippen LogP contribution in [0.4, 0.5) is 0 Å². The summed E-state index contributed by atoms with van der Waals surface area (Å²) in [5.74, 6) is 1.54. The van der Waals surface area contributed by atoms with E-state index in [1.165, 1.54) is 23.1 Å². The predicted molar refractivity (Wildman–Crippen MR) is 69.4 cm³/mol. The molecule has 0 aromatic heterocycles. The van der Waals surface area contributed by atoms with Crippen molar-refractivity contribution in [2.75, 3.05) is 0 Å². The van der Waals surface area contributed by atoms with Gasteiger partial charge in [0.2, 0.25) is 0 Å². The fourth-order valence-electron chi connectivity index (χ4n) is 2.63. The smallest absolute Gasteiger partial charge is 0.0326 e. The van der Waals surface area contributed by atoms with Crippen LogP contribution in [0.3, 0.4) is 0 Å². The minimum Gasteiger partial charge on any atom is -0.324 e. The van der Waals surface area contributed by atoms with E-state index in [1.807, 2.05) is 0 Å². The first-order valence-electron chi connectivity index (χ1n) is 6.54. The number of rotatable bonds is 4. The lowest BCUT2D eigenvalue weighted by molar-refractivity contribution is 0.592. The highest BCUT2D eigenvalue weighted by Gasteiger charge is 2.38. The highest BCUT2D eigenvalue weighted by molar-refractivity contribution is 5.34. The quantitative estimate of drug-likeness (QED) is 0.821. The molecule has 2 rings (SSSR count). The molecule has 2 N–H and O–H groups in total. The van der Waals surface area contributed by atoms with Crippen LogP contribution in [-0.2, 0) is 12.8 Å². The summed E-state index contributed by atoms with van der Waals surface area (Å²) in [5.41, 5.74) is 10.6. The van der Waals surface area contributed by atoms with Gasteiger partial charge in [-0.05, 0) is 47.8 Å². The Labute approximate surface area is 99.0 Å². The monoisotopic (exact) mass is 217 g/mol. The van der Waals surface area contributed by atoms with Gasteiger partial charge in [-0.3, -0.25) is 0 Å². The van der Waals surface area contributed by atoms with Gasteiger partial charge in [0.1, 0.15) is 0 Å². The fraction of sp³-hybridized carbons (Fsp3) is 0.600. The van der Waals surface area contributed by atoms with Crippen LogP contribution < -0.4 is 5.73 Å². The first-order valence-corrected chi connectivity index (χ1v) is 6.54. The van der Waals surface area contributed by atoms with Crippen LogP contribution in [0, 0.1) is 11.8 Å². The summed E-state index contributed by atoms with van der Waals surface area (Å²) in [6.45, 7) is 6.74. The molecule has 0 spiro atoms. The predicted octanol–water partition coefficient (Wildman–Crippen LogP) is 3.47. The van der Waals surface area contributed by atoms with Crippen LogP contribution in [0.5, 0.6) is 0 Å². The normalized spacial score (nSPS) is 25.5. The molecule has 0 radical (unpaired) electrons. The van der Waals surface area contributed by atoms with Gasteiger partial charge in [-0.1, -0.05) is 39.0 Å². The average molecular weight is 217 g/mol. The summed E-state index contributed by atoms with van der Waals surface area (Å²) < 4.78 is 0. The van der Waals surface area contributed by atoms with Gasteiger partial charge in [0.15, 0.2) is 0 Å². The SMILES string of the molecule is CCc1ccc(C(N)C2CC2C)cc1CC. The van der Waals surface area contributed by atoms with Crippen molar-refractivity contribution in [3.05, 3.63) is 34.9 Å². The minimum atomic E-state index is 0.256. The van der Waals surface area contributed by atoms with E-state index >= 15 is 0 Å². The molecule has 1 nitrogen and oxygen atoms in total. The summed E-state index contributed by atoms with van der Waals surface area (Å²) >= 11 is 0. The van der Waals surface area contributed by atoms with Gasteiger partial charge < -0.3 is 5.73 Å². The molecule has 1 aromatic carbocycles. The van der Waals surface area contributed by atoms with E-state index in [9.17, 15) is 0 Å². The van der Waals surface area contributed by atoms with Crippen molar-refractivity contribution < 1.29 is 0 Å².